The normalized spacial score (nSPS) is 14.8. The summed E-state index contributed by atoms with van der Waals surface area (Å²) >= 11 is 0. The molecule has 0 fully saturated rings. The van der Waals surface area contributed by atoms with Crippen LogP contribution in [-0.2, 0) is 18.4 Å². The SMILES string of the molecule is CCCC/C=C/C(O)C(COP(=O)(O)OCC[N+](C)(C)C)NC(=O)CCCCCCCCCCCCC/C=C\CCCCCCCCCC. The predicted octanol–water partition coefficient (Wildman–Crippen LogP) is 10.6. The third-order valence-electron chi connectivity index (χ3n) is 8.92. The van der Waals surface area contributed by atoms with Crippen LogP contribution in [0, 0.1) is 0 Å². The van der Waals surface area contributed by atoms with Crippen LogP contribution in [0.1, 0.15) is 174 Å². The topological polar surface area (TPSA) is 105 Å². The van der Waals surface area contributed by atoms with E-state index in [9.17, 15) is 19.4 Å². The van der Waals surface area contributed by atoms with Gasteiger partial charge in [0, 0.05) is 6.42 Å². The van der Waals surface area contributed by atoms with Gasteiger partial charge >= 0.3 is 7.82 Å². The van der Waals surface area contributed by atoms with Gasteiger partial charge in [0.2, 0.25) is 5.91 Å². The van der Waals surface area contributed by atoms with Crippen molar-refractivity contribution >= 4 is 13.7 Å². The Morgan fingerprint density at radius 1 is 0.673 bits per heavy atom. The van der Waals surface area contributed by atoms with Crippen LogP contribution in [-0.4, -0.2) is 73.4 Å². The van der Waals surface area contributed by atoms with E-state index in [1.54, 1.807) is 6.08 Å². The van der Waals surface area contributed by atoms with E-state index >= 15 is 0 Å². The van der Waals surface area contributed by atoms with Crippen LogP contribution in [0.3, 0.4) is 0 Å². The molecule has 3 unspecified atom stereocenters. The highest BCUT2D eigenvalue weighted by atomic mass is 31.2. The molecular formula is C40H80N2O6P+. The van der Waals surface area contributed by atoms with E-state index in [4.69, 9.17) is 9.05 Å². The van der Waals surface area contributed by atoms with Crippen LogP contribution in [0.15, 0.2) is 24.3 Å². The van der Waals surface area contributed by atoms with Crippen LogP contribution in [0.25, 0.3) is 0 Å². The van der Waals surface area contributed by atoms with Crippen LogP contribution in [0.4, 0.5) is 0 Å². The number of allylic oxidation sites excluding steroid dienone is 3. The summed E-state index contributed by atoms with van der Waals surface area (Å²) in [5.41, 5.74) is 0. The van der Waals surface area contributed by atoms with Crippen molar-refractivity contribution in [1.29, 1.82) is 0 Å². The molecule has 8 nitrogen and oxygen atoms in total. The fraction of sp³-hybridized carbons (Fsp3) is 0.875. The zero-order valence-corrected chi connectivity index (χ0v) is 33.6. The number of aliphatic hydroxyl groups is 1. The highest BCUT2D eigenvalue weighted by Gasteiger charge is 2.27. The molecule has 0 aliphatic heterocycles. The Morgan fingerprint density at radius 2 is 1.12 bits per heavy atom. The van der Waals surface area contributed by atoms with Gasteiger partial charge < -0.3 is 19.8 Å². The molecule has 0 rings (SSSR count). The van der Waals surface area contributed by atoms with Crippen LogP contribution in [0.2, 0.25) is 0 Å². The molecule has 0 bridgehead atoms. The van der Waals surface area contributed by atoms with Crippen molar-refractivity contribution in [2.75, 3.05) is 40.9 Å². The minimum atomic E-state index is -4.31. The molecule has 0 aromatic heterocycles. The lowest BCUT2D eigenvalue weighted by molar-refractivity contribution is -0.870. The number of rotatable bonds is 36. The maximum absolute atomic E-state index is 12.7. The first-order chi connectivity index (χ1) is 23.5. The minimum Gasteiger partial charge on any atom is -0.387 e. The number of unbranched alkanes of at least 4 members (excludes halogenated alkanes) is 21. The van der Waals surface area contributed by atoms with Crippen LogP contribution in [0.5, 0.6) is 0 Å². The summed E-state index contributed by atoms with van der Waals surface area (Å²) in [6.07, 6.45) is 37.4. The average Bonchev–Trinajstić information content (AvgIpc) is 3.04. The summed E-state index contributed by atoms with van der Waals surface area (Å²) in [5.74, 6) is -0.188. The lowest BCUT2D eigenvalue weighted by Gasteiger charge is -2.25. The number of quaternary nitrogens is 1. The first kappa shape index (κ1) is 48.0. The van der Waals surface area contributed by atoms with Crippen molar-refractivity contribution in [1.82, 2.24) is 5.32 Å². The number of carbonyl (C=O) groups is 1. The Morgan fingerprint density at radius 3 is 1.61 bits per heavy atom. The highest BCUT2D eigenvalue weighted by Crippen LogP contribution is 2.43. The number of hydrogen-bond acceptors (Lipinski definition) is 5. The summed E-state index contributed by atoms with van der Waals surface area (Å²) in [5, 5.41) is 13.5. The quantitative estimate of drug-likeness (QED) is 0.0258. The molecule has 0 radical (unpaired) electrons. The van der Waals surface area contributed by atoms with E-state index < -0.39 is 20.0 Å². The summed E-state index contributed by atoms with van der Waals surface area (Å²) < 4.78 is 23.2. The number of carbonyl (C=O) groups excluding carboxylic acids is 1. The van der Waals surface area contributed by atoms with Gasteiger partial charge in [-0.05, 0) is 38.5 Å². The largest absolute Gasteiger partial charge is 0.472 e. The highest BCUT2D eigenvalue weighted by molar-refractivity contribution is 7.47. The fourth-order valence-electron chi connectivity index (χ4n) is 5.61. The standard InChI is InChI=1S/C40H79N2O6P/c1-6-8-10-12-13-14-15-16-17-18-19-20-21-22-23-24-25-26-27-28-29-30-32-34-40(44)41-38(39(43)33-31-11-9-7-2)37-48-49(45,46)47-36-35-42(3,4)5/h18-19,31,33,38-39,43H,6-17,20-30,32,34-37H2,1-5H3,(H-,41,44,45,46)/p+1/b19-18-,33-31+. The van der Waals surface area contributed by atoms with Gasteiger partial charge in [0.1, 0.15) is 13.2 Å². The molecule has 3 atom stereocenters. The molecule has 0 aromatic rings. The van der Waals surface area contributed by atoms with Crippen molar-refractivity contribution in [3.8, 4) is 0 Å². The predicted molar refractivity (Wildman–Crippen MR) is 208 cm³/mol. The molecule has 1 amide bonds. The zero-order valence-electron chi connectivity index (χ0n) is 32.7. The molecule has 0 aliphatic carbocycles. The van der Waals surface area contributed by atoms with Gasteiger partial charge in [0.05, 0.1) is 39.9 Å². The Kier molecular flexibility index (Phi) is 32.2. The third kappa shape index (κ3) is 35.2. The molecule has 9 heteroatoms. The molecule has 0 aliphatic rings. The molecule has 0 heterocycles. The van der Waals surface area contributed by atoms with Crippen molar-refractivity contribution in [2.24, 2.45) is 0 Å². The summed E-state index contributed by atoms with van der Waals surface area (Å²) in [6, 6.07) is -0.839. The maximum atomic E-state index is 12.7. The van der Waals surface area contributed by atoms with E-state index in [-0.39, 0.29) is 19.1 Å². The smallest absolute Gasteiger partial charge is 0.387 e. The number of nitrogens with zero attached hydrogens (tertiary/aromatic N) is 1. The van der Waals surface area contributed by atoms with Gasteiger partial charge in [-0.1, -0.05) is 154 Å². The van der Waals surface area contributed by atoms with Gasteiger partial charge in [-0.3, -0.25) is 13.8 Å². The van der Waals surface area contributed by atoms with Gasteiger partial charge in [0.25, 0.3) is 0 Å². The number of likely N-dealkylation sites (N-methyl/N-ethyl adjacent to an activating group) is 1. The van der Waals surface area contributed by atoms with E-state index in [0.717, 1.165) is 38.5 Å². The van der Waals surface area contributed by atoms with Crippen molar-refractivity contribution in [3.05, 3.63) is 24.3 Å². The van der Waals surface area contributed by atoms with Crippen molar-refractivity contribution in [3.63, 3.8) is 0 Å². The lowest BCUT2D eigenvalue weighted by Crippen LogP contribution is -2.45. The van der Waals surface area contributed by atoms with Gasteiger partial charge in [-0.2, -0.15) is 0 Å². The fourth-order valence-corrected chi connectivity index (χ4v) is 6.34. The molecule has 49 heavy (non-hydrogen) atoms. The first-order valence-electron chi connectivity index (χ1n) is 20.2. The third-order valence-corrected chi connectivity index (χ3v) is 9.90. The number of phosphoric ester groups is 1. The summed E-state index contributed by atoms with van der Waals surface area (Å²) in [7, 11) is 1.57. The first-order valence-corrected chi connectivity index (χ1v) is 21.7. The van der Waals surface area contributed by atoms with Crippen molar-refractivity contribution in [2.45, 2.75) is 187 Å². The van der Waals surface area contributed by atoms with E-state index in [1.165, 1.54) is 116 Å². The van der Waals surface area contributed by atoms with Gasteiger partial charge in [-0.25, -0.2) is 4.57 Å². The number of phosphoric acid groups is 1. The zero-order chi connectivity index (χ0) is 36.5. The van der Waals surface area contributed by atoms with Gasteiger partial charge in [0.15, 0.2) is 0 Å². The monoisotopic (exact) mass is 716 g/mol. The van der Waals surface area contributed by atoms with Gasteiger partial charge in [-0.15, -0.1) is 0 Å². The molecular weight excluding hydrogens is 635 g/mol. The Labute approximate surface area is 303 Å². The number of nitrogens with one attached hydrogen (secondary N) is 1. The molecule has 0 aromatic carbocycles. The Bertz CT molecular complexity index is 860. The van der Waals surface area contributed by atoms with E-state index in [1.807, 2.05) is 27.2 Å². The molecule has 3 N–H and O–H groups in total. The van der Waals surface area contributed by atoms with Crippen molar-refractivity contribution < 1.29 is 32.9 Å². The van der Waals surface area contributed by atoms with E-state index in [2.05, 4.69) is 31.3 Å². The number of aliphatic hydroxyl groups excluding tert-OH is 1. The second-order valence-corrected chi connectivity index (χ2v) is 16.5. The number of amides is 1. The average molecular weight is 716 g/mol. The van der Waals surface area contributed by atoms with Crippen LogP contribution >= 0.6 is 7.82 Å². The molecule has 290 valence electrons. The maximum Gasteiger partial charge on any atom is 0.472 e. The summed E-state index contributed by atoms with van der Waals surface area (Å²) in [6.45, 7) is 4.65. The van der Waals surface area contributed by atoms with E-state index in [0.29, 0.717) is 17.4 Å². The molecule has 0 saturated heterocycles. The minimum absolute atomic E-state index is 0.0608. The van der Waals surface area contributed by atoms with Crippen LogP contribution < -0.4 is 5.32 Å². The molecule has 0 spiro atoms. The number of hydrogen-bond donors (Lipinski definition) is 3. The second kappa shape index (κ2) is 32.9. The molecule has 0 saturated carbocycles. The Hall–Kier alpha value is -1.02. The lowest BCUT2D eigenvalue weighted by atomic mass is 10.0. The summed E-state index contributed by atoms with van der Waals surface area (Å²) in [4.78, 5) is 22.8. The Balaban J connectivity index is 4.00. The second-order valence-electron chi connectivity index (χ2n) is 15.0.